The highest BCUT2D eigenvalue weighted by Crippen LogP contribution is 2.30. The third-order valence-electron chi connectivity index (χ3n) is 3.90. The second-order valence-electron chi connectivity index (χ2n) is 6.11. The molecule has 9 heteroatoms. The van der Waals surface area contributed by atoms with Gasteiger partial charge in [0.2, 0.25) is 5.95 Å². The Labute approximate surface area is 134 Å². The first kappa shape index (κ1) is 17.7. The fourth-order valence-electron chi connectivity index (χ4n) is 2.41. The van der Waals surface area contributed by atoms with Gasteiger partial charge in [0.25, 0.3) is 0 Å². The van der Waals surface area contributed by atoms with E-state index in [2.05, 4.69) is 25.1 Å². The van der Waals surface area contributed by atoms with E-state index in [0.717, 1.165) is 25.7 Å². The van der Waals surface area contributed by atoms with Crippen LogP contribution in [0.1, 0.15) is 5.69 Å². The Hall–Kier alpha value is -1.61. The number of nitrogens with zero attached hydrogens (tertiary/aromatic N) is 5. The summed E-state index contributed by atoms with van der Waals surface area (Å²) in [5, 5.41) is 3.03. The van der Waals surface area contributed by atoms with Crippen molar-refractivity contribution in [3.63, 3.8) is 0 Å². The van der Waals surface area contributed by atoms with E-state index in [4.69, 9.17) is 0 Å². The molecule has 23 heavy (non-hydrogen) atoms. The van der Waals surface area contributed by atoms with Crippen molar-refractivity contribution in [1.82, 2.24) is 19.8 Å². The van der Waals surface area contributed by atoms with Crippen molar-refractivity contribution in [2.24, 2.45) is 0 Å². The Morgan fingerprint density at radius 2 is 1.96 bits per heavy atom. The number of halogens is 3. The smallest absolute Gasteiger partial charge is 0.368 e. The van der Waals surface area contributed by atoms with Gasteiger partial charge in [0, 0.05) is 52.4 Å². The molecule has 1 aliphatic rings. The lowest BCUT2D eigenvalue weighted by Crippen LogP contribution is -2.52. The third kappa shape index (κ3) is 4.68. The van der Waals surface area contributed by atoms with Gasteiger partial charge in [-0.1, -0.05) is 0 Å². The summed E-state index contributed by atoms with van der Waals surface area (Å²) >= 11 is 0. The first-order chi connectivity index (χ1) is 10.7. The van der Waals surface area contributed by atoms with Crippen LogP contribution < -0.4 is 10.2 Å². The SMILES string of the molecule is CN1CCN(C)C(CNc2cc(C(F)(F)F)nc(N(C)C)n2)C1. The summed E-state index contributed by atoms with van der Waals surface area (Å²) in [6.45, 7) is 3.32. The lowest BCUT2D eigenvalue weighted by atomic mass is 10.2. The molecule has 0 spiro atoms. The summed E-state index contributed by atoms with van der Waals surface area (Å²) in [5.41, 5.74) is -0.937. The normalized spacial score (nSPS) is 20.6. The van der Waals surface area contributed by atoms with E-state index in [1.807, 2.05) is 14.1 Å². The van der Waals surface area contributed by atoms with Crippen LogP contribution in [-0.2, 0) is 6.18 Å². The first-order valence-corrected chi connectivity index (χ1v) is 7.43. The standard InChI is InChI=1S/C14H23F3N6/c1-21(2)13-19-11(14(15,16)17)7-12(20-13)18-8-10-9-22(3)5-6-23(10)4/h7,10H,5-6,8-9H2,1-4H3,(H,18,19,20). The van der Waals surface area contributed by atoms with E-state index >= 15 is 0 Å². The van der Waals surface area contributed by atoms with Gasteiger partial charge in [-0.2, -0.15) is 18.2 Å². The molecule has 0 saturated carbocycles. The van der Waals surface area contributed by atoms with Crippen molar-refractivity contribution in [3.8, 4) is 0 Å². The van der Waals surface area contributed by atoms with Gasteiger partial charge < -0.3 is 15.1 Å². The maximum atomic E-state index is 13.0. The Bertz CT molecular complexity index is 534. The van der Waals surface area contributed by atoms with Gasteiger partial charge in [0.15, 0.2) is 5.69 Å². The van der Waals surface area contributed by atoms with Crippen molar-refractivity contribution < 1.29 is 13.2 Å². The van der Waals surface area contributed by atoms with Gasteiger partial charge in [-0.15, -0.1) is 0 Å². The maximum Gasteiger partial charge on any atom is 0.433 e. The van der Waals surface area contributed by atoms with Crippen molar-refractivity contribution in [1.29, 1.82) is 0 Å². The average Bonchev–Trinajstić information content (AvgIpc) is 2.47. The number of hydrogen-bond donors (Lipinski definition) is 1. The maximum absolute atomic E-state index is 13.0. The molecule has 2 rings (SSSR count). The molecule has 1 atom stereocenters. The number of piperazine rings is 1. The fraction of sp³-hybridized carbons (Fsp3) is 0.714. The van der Waals surface area contributed by atoms with Crippen LogP contribution in [0.4, 0.5) is 24.9 Å². The number of likely N-dealkylation sites (N-methyl/N-ethyl adjacent to an activating group) is 2. The Morgan fingerprint density at radius 1 is 1.26 bits per heavy atom. The topological polar surface area (TPSA) is 47.5 Å². The lowest BCUT2D eigenvalue weighted by molar-refractivity contribution is -0.141. The van der Waals surface area contributed by atoms with Crippen LogP contribution in [0, 0.1) is 0 Å². The summed E-state index contributed by atoms with van der Waals surface area (Å²) in [4.78, 5) is 13.6. The van der Waals surface area contributed by atoms with Gasteiger partial charge in [-0.05, 0) is 14.1 Å². The molecule has 6 nitrogen and oxygen atoms in total. The Morgan fingerprint density at radius 3 is 2.57 bits per heavy atom. The lowest BCUT2D eigenvalue weighted by Gasteiger charge is -2.37. The third-order valence-corrected chi connectivity index (χ3v) is 3.90. The van der Waals surface area contributed by atoms with Crippen LogP contribution in [0.15, 0.2) is 6.07 Å². The molecule has 130 valence electrons. The number of aromatic nitrogens is 2. The van der Waals surface area contributed by atoms with E-state index in [1.54, 1.807) is 14.1 Å². The minimum atomic E-state index is -4.49. The van der Waals surface area contributed by atoms with Gasteiger partial charge >= 0.3 is 6.18 Å². The zero-order valence-electron chi connectivity index (χ0n) is 13.9. The molecule has 1 fully saturated rings. The summed E-state index contributed by atoms with van der Waals surface area (Å²) in [7, 11) is 7.29. The molecule has 1 saturated heterocycles. The highest BCUT2D eigenvalue weighted by atomic mass is 19.4. The van der Waals surface area contributed by atoms with Crippen LogP contribution in [0.25, 0.3) is 0 Å². The minimum absolute atomic E-state index is 0.0384. The van der Waals surface area contributed by atoms with E-state index in [-0.39, 0.29) is 17.8 Å². The highest BCUT2D eigenvalue weighted by molar-refractivity contribution is 5.44. The molecule has 0 bridgehead atoms. The molecule has 0 radical (unpaired) electrons. The van der Waals surface area contributed by atoms with Gasteiger partial charge in [0.1, 0.15) is 5.82 Å². The van der Waals surface area contributed by atoms with E-state index in [9.17, 15) is 13.2 Å². The summed E-state index contributed by atoms with van der Waals surface area (Å²) in [6, 6.07) is 1.18. The summed E-state index contributed by atoms with van der Waals surface area (Å²) in [6.07, 6.45) is -4.49. The Balaban J connectivity index is 2.14. The zero-order valence-corrected chi connectivity index (χ0v) is 13.9. The quantitative estimate of drug-likeness (QED) is 0.895. The van der Waals surface area contributed by atoms with E-state index < -0.39 is 11.9 Å². The predicted molar refractivity (Wildman–Crippen MR) is 83.8 cm³/mol. The highest BCUT2D eigenvalue weighted by Gasteiger charge is 2.34. The fourth-order valence-corrected chi connectivity index (χ4v) is 2.41. The van der Waals surface area contributed by atoms with Crippen LogP contribution in [0.5, 0.6) is 0 Å². The second kappa shape index (κ2) is 6.88. The monoisotopic (exact) mass is 332 g/mol. The van der Waals surface area contributed by atoms with Crippen LogP contribution in [0.2, 0.25) is 0 Å². The molecular weight excluding hydrogens is 309 g/mol. The number of anilines is 2. The molecule has 1 aromatic heterocycles. The number of rotatable bonds is 4. The summed E-state index contributed by atoms with van der Waals surface area (Å²) < 4.78 is 38.9. The van der Waals surface area contributed by atoms with Crippen molar-refractivity contribution in [2.75, 3.05) is 64.6 Å². The summed E-state index contributed by atoms with van der Waals surface area (Å²) in [5.74, 6) is 0.231. The second-order valence-corrected chi connectivity index (χ2v) is 6.11. The molecule has 0 amide bonds. The van der Waals surface area contributed by atoms with Gasteiger partial charge in [-0.3, -0.25) is 4.90 Å². The van der Waals surface area contributed by atoms with E-state index in [1.165, 1.54) is 4.90 Å². The minimum Gasteiger partial charge on any atom is -0.368 e. The van der Waals surface area contributed by atoms with Crippen molar-refractivity contribution in [2.45, 2.75) is 12.2 Å². The molecule has 2 heterocycles. The van der Waals surface area contributed by atoms with E-state index in [0.29, 0.717) is 6.54 Å². The molecular formula is C14H23F3N6. The molecule has 1 N–H and O–H groups in total. The van der Waals surface area contributed by atoms with Crippen LogP contribution >= 0.6 is 0 Å². The van der Waals surface area contributed by atoms with Gasteiger partial charge in [-0.25, -0.2) is 4.98 Å². The van der Waals surface area contributed by atoms with Crippen LogP contribution in [0.3, 0.4) is 0 Å². The number of alkyl halides is 3. The van der Waals surface area contributed by atoms with Crippen molar-refractivity contribution in [3.05, 3.63) is 11.8 Å². The average molecular weight is 332 g/mol. The number of nitrogens with one attached hydrogen (secondary N) is 1. The Kier molecular flexibility index (Phi) is 5.30. The molecule has 0 aromatic carbocycles. The largest absolute Gasteiger partial charge is 0.433 e. The first-order valence-electron chi connectivity index (χ1n) is 7.43. The predicted octanol–water partition coefficient (Wildman–Crippen LogP) is 1.22. The molecule has 1 aromatic rings. The zero-order chi connectivity index (χ0) is 17.2. The van der Waals surface area contributed by atoms with Crippen LogP contribution in [-0.4, -0.2) is 80.2 Å². The van der Waals surface area contributed by atoms with Crippen molar-refractivity contribution >= 4 is 11.8 Å². The molecule has 1 unspecified atom stereocenters. The molecule has 1 aliphatic heterocycles. The van der Waals surface area contributed by atoms with Gasteiger partial charge in [0.05, 0.1) is 0 Å². The number of hydrogen-bond acceptors (Lipinski definition) is 6. The molecule has 0 aliphatic carbocycles.